The molecule has 1 N–H and O–H groups in total. The molecule has 1 aromatic heterocycles. The van der Waals surface area contributed by atoms with E-state index in [2.05, 4.69) is 4.98 Å². The first-order valence-corrected chi connectivity index (χ1v) is 6.78. The number of hydrogen-bond acceptors (Lipinski definition) is 3. The van der Waals surface area contributed by atoms with E-state index in [9.17, 15) is 18.4 Å². The number of nitrogens with one attached hydrogen (secondary N) is 1. The van der Waals surface area contributed by atoms with Crippen molar-refractivity contribution >= 4 is 22.7 Å². The number of hydrogen-bond donors (Lipinski definition) is 1. The van der Waals surface area contributed by atoms with E-state index in [4.69, 9.17) is 4.74 Å². The van der Waals surface area contributed by atoms with Gasteiger partial charge in [0.05, 0.1) is 0 Å². The molecule has 0 atom stereocenters. The minimum Gasteiger partial charge on any atom is -0.453 e. The molecule has 0 aliphatic heterocycles. The van der Waals surface area contributed by atoms with Gasteiger partial charge in [-0.05, 0) is 30.3 Å². The van der Waals surface area contributed by atoms with Crippen LogP contribution in [0.2, 0.25) is 0 Å². The van der Waals surface area contributed by atoms with Crippen LogP contribution in [0, 0.1) is 11.6 Å². The molecular weight excluding hydrogens is 304 g/mol. The number of halogens is 2. The second-order valence-corrected chi connectivity index (χ2v) is 4.90. The van der Waals surface area contributed by atoms with Crippen molar-refractivity contribution in [3.63, 3.8) is 0 Å². The normalized spacial score (nSPS) is 10.7. The van der Waals surface area contributed by atoms with Crippen molar-refractivity contribution in [1.29, 1.82) is 0 Å². The lowest BCUT2D eigenvalue weighted by molar-refractivity contribution is 0.0470. The lowest BCUT2D eigenvalue weighted by Crippen LogP contribution is -2.14. The fraction of sp³-hybridized carbons (Fsp3) is 0.0588. The van der Waals surface area contributed by atoms with Crippen LogP contribution in [0.1, 0.15) is 20.8 Å². The minimum atomic E-state index is -1.13. The molecule has 3 aromatic rings. The third-order valence-corrected chi connectivity index (χ3v) is 3.33. The number of fused-ring (bicyclic) bond motifs is 1. The Labute approximate surface area is 129 Å². The number of carbonyl (C=O) groups excluding carboxylic acids is 2. The molecule has 3 rings (SSSR count). The first kappa shape index (κ1) is 14.9. The summed E-state index contributed by atoms with van der Waals surface area (Å²) in [6.45, 7) is -0.556. The van der Waals surface area contributed by atoms with Crippen LogP contribution in [0.15, 0.2) is 48.5 Å². The summed E-state index contributed by atoms with van der Waals surface area (Å²) in [4.78, 5) is 26.7. The first-order chi connectivity index (χ1) is 11.0. The predicted octanol–water partition coefficient (Wildman–Crippen LogP) is 3.49. The molecule has 2 aromatic carbocycles. The fourth-order valence-electron chi connectivity index (χ4n) is 2.15. The van der Waals surface area contributed by atoms with Gasteiger partial charge in [0, 0.05) is 16.5 Å². The van der Waals surface area contributed by atoms with Gasteiger partial charge in [0.2, 0.25) is 0 Å². The molecule has 0 saturated carbocycles. The number of benzene rings is 2. The van der Waals surface area contributed by atoms with Gasteiger partial charge in [-0.1, -0.05) is 18.2 Å². The standard InChI is InChI=1S/C17H11F2NO3/c18-12-6-5-11(7-13(12)19)16(21)9-23-17(22)15-8-10-3-1-2-4-14(10)20-15/h1-8,20H,9H2. The van der Waals surface area contributed by atoms with Crippen LogP contribution in [0.3, 0.4) is 0 Å². The summed E-state index contributed by atoms with van der Waals surface area (Å²) in [6, 6.07) is 11.7. The highest BCUT2D eigenvalue weighted by molar-refractivity contribution is 6.00. The molecule has 0 amide bonds. The van der Waals surface area contributed by atoms with Crippen LogP contribution in [0.5, 0.6) is 0 Å². The van der Waals surface area contributed by atoms with E-state index in [0.717, 1.165) is 29.1 Å². The molecule has 0 aliphatic rings. The molecule has 6 heteroatoms. The van der Waals surface area contributed by atoms with E-state index in [1.165, 1.54) is 0 Å². The van der Waals surface area contributed by atoms with Crippen LogP contribution in [0.4, 0.5) is 8.78 Å². The highest BCUT2D eigenvalue weighted by Gasteiger charge is 2.15. The van der Waals surface area contributed by atoms with Crippen LogP contribution in [0.25, 0.3) is 10.9 Å². The van der Waals surface area contributed by atoms with E-state index in [0.29, 0.717) is 0 Å². The SMILES string of the molecule is O=C(COC(=O)c1cc2ccccc2[nH]1)c1ccc(F)c(F)c1. The molecule has 0 spiro atoms. The fourth-order valence-corrected chi connectivity index (χ4v) is 2.15. The second-order valence-electron chi connectivity index (χ2n) is 4.90. The van der Waals surface area contributed by atoms with Crippen molar-refractivity contribution < 1.29 is 23.1 Å². The largest absolute Gasteiger partial charge is 0.453 e. The van der Waals surface area contributed by atoms with Crippen LogP contribution >= 0.6 is 0 Å². The van der Waals surface area contributed by atoms with Gasteiger partial charge in [-0.25, -0.2) is 13.6 Å². The number of Topliss-reactive ketones (excluding diaryl/α,β-unsaturated/α-hetero) is 1. The molecule has 0 fully saturated rings. The average molecular weight is 315 g/mol. The molecule has 0 aliphatic carbocycles. The summed E-state index contributed by atoms with van der Waals surface area (Å²) in [6.07, 6.45) is 0. The maximum atomic E-state index is 13.1. The molecule has 23 heavy (non-hydrogen) atoms. The Morgan fingerprint density at radius 1 is 1.00 bits per heavy atom. The molecule has 1 heterocycles. The second kappa shape index (κ2) is 6.00. The number of carbonyl (C=O) groups is 2. The van der Waals surface area contributed by atoms with Gasteiger partial charge in [-0.2, -0.15) is 0 Å². The lowest BCUT2D eigenvalue weighted by atomic mass is 10.1. The Balaban J connectivity index is 1.68. The van der Waals surface area contributed by atoms with Crippen molar-refractivity contribution in [2.45, 2.75) is 0 Å². The van der Waals surface area contributed by atoms with Crippen molar-refractivity contribution in [2.75, 3.05) is 6.61 Å². The topological polar surface area (TPSA) is 59.2 Å². The lowest BCUT2D eigenvalue weighted by Gasteiger charge is -2.03. The summed E-state index contributed by atoms with van der Waals surface area (Å²) in [5.74, 6) is -3.49. The van der Waals surface area contributed by atoms with E-state index in [-0.39, 0.29) is 11.3 Å². The van der Waals surface area contributed by atoms with Crippen LogP contribution in [-0.4, -0.2) is 23.3 Å². The monoisotopic (exact) mass is 315 g/mol. The van der Waals surface area contributed by atoms with Gasteiger partial charge in [0.15, 0.2) is 24.0 Å². The Bertz CT molecular complexity index is 869. The molecular formula is C17H11F2NO3. The molecule has 116 valence electrons. The number of ether oxygens (including phenoxy) is 1. The molecule has 0 radical (unpaired) electrons. The molecule has 0 bridgehead atoms. The zero-order valence-corrected chi connectivity index (χ0v) is 11.8. The third kappa shape index (κ3) is 3.11. The van der Waals surface area contributed by atoms with Crippen molar-refractivity contribution in [2.24, 2.45) is 0 Å². The number of ketones is 1. The zero-order valence-electron chi connectivity index (χ0n) is 11.8. The van der Waals surface area contributed by atoms with E-state index >= 15 is 0 Å². The number of rotatable bonds is 4. The summed E-state index contributed by atoms with van der Waals surface area (Å²) >= 11 is 0. The number of H-pyrrole nitrogens is 1. The highest BCUT2D eigenvalue weighted by atomic mass is 19.2. The number of para-hydroxylation sites is 1. The molecule has 0 saturated heterocycles. The Morgan fingerprint density at radius 2 is 1.78 bits per heavy atom. The van der Waals surface area contributed by atoms with Crippen molar-refractivity contribution in [1.82, 2.24) is 4.98 Å². The van der Waals surface area contributed by atoms with E-state index in [1.54, 1.807) is 12.1 Å². The maximum absolute atomic E-state index is 13.1. The Morgan fingerprint density at radius 3 is 2.52 bits per heavy atom. The van der Waals surface area contributed by atoms with E-state index in [1.807, 2.05) is 18.2 Å². The number of aromatic amines is 1. The van der Waals surface area contributed by atoms with Gasteiger partial charge < -0.3 is 9.72 Å². The van der Waals surface area contributed by atoms with Gasteiger partial charge in [-0.3, -0.25) is 4.79 Å². The predicted molar refractivity (Wildman–Crippen MR) is 79.3 cm³/mol. The Kier molecular flexibility index (Phi) is 3.89. The van der Waals surface area contributed by atoms with Gasteiger partial charge in [-0.15, -0.1) is 0 Å². The summed E-state index contributed by atoms with van der Waals surface area (Å²) in [5, 5.41) is 0.839. The Hall–Kier alpha value is -3.02. The quantitative estimate of drug-likeness (QED) is 0.592. The van der Waals surface area contributed by atoms with Gasteiger partial charge >= 0.3 is 5.97 Å². The molecule has 4 nitrogen and oxygen atoms in total. The number of aromatic nitrogens is 1. The van der Waals surface area contributed by atoms with Crippen molar-refractivity contribution in [3.05, 3.63) is 71.4 Å². The zero-order chi connectivity index (χ0) is 16.4. The summed E-state index contributed by atoms with van der Waals surface area (Å²) < 4.78 is 30.8. The maximum Gasteiger partial charge on any atom is 0.355 e. The first-order valence-electron chi connectivity index (χ1n) is 6.78. The smallest absolute Gasteiger partial charge is 0.355 e. The highest BCUT2D eigenvalue weighted by Crippen LogP contribution is 2.15. The van der Waals surface area contributed by atoms with Crippen LogP contribution < -0.4 is 0 Å². The minimum absolute atomic E-state index is 0.0617. The average Bonchev–Trinajstić information content (AvgIpc) is 2.99. The number of esters is 1. The summed E-state index contributed by atoms with van der Waals surface area (Å²) in [7, 11) is 0. The molecule has 0 unspecified atom stereocenters. The van der Waals surface area contributed by atoms with Gasteiger partial charge in [0.1, 0.15) is 5.69 Å². The van der Waals surface area contributed by atoms with Crippen molar-refractivity contribution in [3.8, 4) is 0 Å². The van der Waals surface area contributed by atoms with Crippen LogP contribution in [-0.2, 0) is 4.74 Å². The van der Waals surface area contributed by atoms with E-state index < -0.39 is 30.0 Å². The third-order valence-electron chi connectivity index (χ3n) is 3.33. The summed E-state index contributed by atoms with van der Waals surface area (Å²) in [5.41, 5.74) is 0.920. The van der Waals surface area contributed by atoms with Gasteiger partial charge in [0.25, 0.3) is 0 Å².